The van der Waals surface area contributed by atoms with E-state index in [1.54, 1.807) is 0 Å². The molecule has 0 saturated heterocycles. The van der Waals surface area contributed by atoms with Gasteiger partial charge in [0.1, 0.15) is 0 Å². The van der Waals surface area contributed by atoms with Gasteiger partial charge >= 0.3 is 0 Å². The SMILES string of the molecule is NC1CC(NCCc2ccccn2)c2ccccc21. The average Bonchev–Trinajstić information content (AvgIpc) is 2.78. The molecule has 98 valence electrons. The van der Waals surface area contributed by atoms with Crippen LogP contribution in [0.2, 0.25) is 0 Å². The van der Waals surface area contributed by atoms with Crippen molar-refractivity contribution in [1.29, 1.82) is 0 Å². The maximum atomic E-state index is 6.17. The van der Waals surface area contributed by atoms with Gasteiger partial charge in [0, 0.05) is 36.9 Å². The molecule has 0 fully saturated rings. The molecule has 1 aromatic heterocycles. The van der Waals surface area contributed by atoms with Crippen LogP contribution >= 0.6 is 0 Å². The van der Waals surface area contributed by atoms with Gasteiger partial charge in [0.2, 0.25) is 0 Å². The molecule has 3 heteroatoms. The zero-order chi connectivity index (χ0) is 13.1. The molecule has 0 amide bonds. The van der Waals surface area contributed by atoms with Crippen molar-refractivity contribution in [3.63, 3.8) is 0 Å². The maximum absolute atomic E-state index is 6.17. The second-order valence-electron chi connectivity index (χ2n) is 5.05. The van der Waals surface area contributed by atoms with Gasteiger partial charge in [0.15, 0.2) is 0 Å². The third-order valence-electron chi connectivity index (χ3n) is 3.76. The van der Waals surface area contributed by atoms with Crippen LogP contribution in [0.25, 0.3) is 0 Å². The molecule has 0 spiro atoms. The molecule has 3 nitrogen and oxygen atoms in total. The first kappa shape index (κ1) is 12.3. The zero-order valence-corrected chi connectivity index (χ0v) is 10.9. The molecule has 1 heterocycles. The van der Waals surface area contributed by atoms with Crippen LogP contribution in [0.15, 0.2) is 48.7 Å². The van der Waals surface area contributed by atoms with Crippen LogP contribution in [0, 0.1) is 0 Å². The van der Waals surface area contributed by atoms with Crippen LogP contribution in [0.3, 0.4) is 0 Å². The average molecular weight is 253 g/mol. The molecule has 1 aromatic carbocycles. The smallest absolute Gasteiger partial charge is 0.0416 e. The lowest BCUT2D eigenvalue weighted by Gasteiger charge is -2.13. The molecule has 2 aromatic rings. The summed E-state index contributed by atoms with van der Waals surface area (Å²) in [6.45, 7) is 0.933. The number of pyridine rings is 1. The Morgan fingerprint density at radius 3 is 2.68 bits per heavy atom. The van der Waals surface area contributed by atoms with E-state index < -0.39 is 0 Å². The monoisotopic (exact) mass is 253 g/mol. The van der Waals surface area contributed by atoms with Crippen LogP contribution in [0.1, 0.15) is 35.3 Å². The van der Waals surface area contributed by atoms with E-state index in [9.17, 15) is 0 Å². The first-order chi connectivity index (χ1) is 9.34. The van der Waals surface area contributed by atoms with E-state index in [2.05, 4.69) is 40.6 Å². The summed E-state index contributed by atoms with van der Waals surface area (Å²) in [5, 5.41) is 3.60. The molecule has 0 radical (unpaired) electrons. The van der Waals surface area contributed by atoms with Crippen molar-refractivity contribution in [3.05, 3.63) is 65.5 Å². The van der Waals surface area contributed by atoms with Crippen molar-refractivity contribution in [3.8, 4) is 0 Å². The molecule has 0 bridgehead atoms. The van der Waals surface area contributed by atoms with E-state index >= 15 is 0 Å². The lowest BCUT2D eigenvalue weighted by Crippen LogP contribution is -2.22. The van der Waals surface area contributed by atoms with Gasteiger partial charge in [-0.05, 0) is 29.7 Å². The van der Waals surface area contributed by atoms with Crippen molar-refractivity contribution >= 4 is 0 Å². The van der Waals surface area contributed by atoms with Crippen LogP contribution in [-0.4, -0.2) is 11.5 Å². The quantitative estimate of drug-likeness (QED) is 0.879. The Labute approximate surface area is 113 Å². The number of nitrogens with zero attached hydrogens (tertiary/aromatic N) is 1. The predicted octanol–water partition coefficient (Wildman–Crippen LogP) is 2.36. The third kappa shape index (κ3) is 2.67. The number of nitrogens with two attached hydrogens (primary N) is 1. The van der Waals surface area contributed by atoms with Gasteiger partial charge in [0.05, 0.1) is 0 Å². The van der Waals surface area contributed by atoms with Gasteiger partial charge in [-0.2, -0.15) is 0 Å². The second kappa shape index (κ2) is 5.51. The first-order valence-corrected chi connectivity index (χ1v) is 6.82. The number of nitrogens with one attached hydrogen (secondary N) is 1. The van der Waals surface area contributed by atoms with Crippen LogP contribution in [-0.2, 0) is 6.42 Å². The largest absolute Gasteiger partial charge is 0.324 e. The molecule has 3 rings (SSSR count). The summed E-state index contributed by atoms with van der Waals surface area (Å²) in [6.07, 6.45) is 3.78. The fourth-order valence-electron chi connectivity index (χ4n) is 2.79. The standard InChI is InChI=1S/C16H19N3/c17-15-11-16(14-7-2-1-6-13(14)15)19-10-8-12-5-3-4-9-18-12/h1-7,9,15-16,19H,8,10-11,17H2. The highest BCUT2D eigenvalue weighted by molar-refractivity contribution is 5.37. The lowest BCUT2D eigenvalue weighted by atomic mass is 10.1. The fraction of sp³-hybridized carbons (Fsp3) is 0.312. The molecule has 1 aliphatic rings. The minimum Gasteiger partial charge on any atom is -0.324 e. The van der Waals surface area contributed by atoms with E-state index in [-0.39, 0.29) is 6.04 Å². The Kier molecular flexibility index (Phi) is 3.58. The predicted molar refractivity (Wildman–Crippen MR) is 76.7 cm³/mol. The highest BCUT2D eigenvalue weighted by Crippen LogP contribution is 2.36. The Morgan fingerprint density at radius 1 is 1.11 bits per heavy atom. The van der Waals surface area contributed by atoms with Crippen molar-refractivity contribution in [1.82, 2.24) is 10.3 Å². The van der Waals surface area contributed by atoms with Crippen molar-refractivity contribution in [2.75, 3.05) is 6.54 Å². The lowest BCUT2D eigenvalue weighted by molar-refractivity contribution is 0.501. The number of benzene rings is 1. The van der Waals surface area contributed by atoms with Crippen LogP contribution < -0.4 is 11.1 Å². The summed E-state index contributed by atoms with van der Waals surface area (Å²) in [6, 6.07) is 15.1. The third-order valence-corrected chi connectivity index (χ3v) is 3.76. The van der Waals surface area contributed by atoms with Gasteiger partial charge < -0.3 is 11.1 Å². The fourth-order valence-corrected chi connectivity index (χ4v) is 2.79. The highest BCUT2D eigenvalue weighted by atomic mass is 14.9. The maximum Gasteiger partial charge on any atom is 0.0416 e. The minimum atomic E-state index is 0.170. The summed E-state index contributed by atoms with van der Waals surface area (Å²) in [7, 11) is 0. The normalized spacial score (nSPS) is 21.3. The summed E-state index contributed by atoms with van der Waals surface area (Å²) < 4.78 is 0. The molecule has 2 atom stereocenters. The Balaban J connectivity index is 1.60. The van der Waals surface area contributed by atoms with Gasteiger partial charge in [-0.3, -0.25) is 4.98 Å². The Morgan fingerprint density at radius 2 is 1.89 bits per heavy atom. The molecule has 2 unspecified atom stereocenters. The highest BCUT2D eigenvalue weighted by Gasteiger charge is 2.27. The van der Waals surface area contributed by atoms with Gasteiger partial charge in [0.25, 0.3) is 0 Å². The molecule has 1 aliphatic carbocycles. The second-order valence-corrected chi connectivity index (χ2v) is 5.05. The summed E-state index contributed by atoms with van der Waals surface area (Å²) in [5.41, 5.74) is 9.94. The van der Waals surface area contributed by atoms with Crippen molar-refractivity contribution in [2.24, 2.45) is 5.73 Å². The Hall–Kier alpha value is -1.71. The van der Waals surface area contributed by atoms with E-state index in [0.717, 1.165) is 25.1 Å². The number of hydrogen-bond acceptors (Lipinski definition) is 3. The molecular weight excluding hydrogens is 234 g/mol. The topological polar surface area (TPSA) is 50.9 Å². The summed E-state index contributed by atoms with van der Waals surface area (Å²) in [5.74, 6) is 0. The van der Waals surface area contributed by atoms with E-state index in [1.165, 1.54) is 11.1 Å². The van der Waals surface area contributed by atoms with Crippen LogP contribution in [0.5, 0.6) is 0 Å². The number of fused-ring (bicyclic) bond motifs is 1. The molecule has 0 aliphatic heterocycles. The van der Waals surface area contributed by atoms with E-state index in [4.69, 9.17) is 5.73 Å². The molecular formula is C16H19N3. The summed E-state index contributed by atoms with van der Waals surface area (Å²) in [4.78, 5) is 4.34. The van der Waals surface area contributed by atoms with Gasteiger partial charge in [-0.15, -0.1) is 0 Å². The van der Waals surface area contributed by atoms with Gasteiger partial charge in [-0.25, -0.2) is 0 Å². The number of aromatic nitrogens is 1. The van der Waals surface area contributed by atoms with E-state index in [0.29, 0.717) is 6.04 Å². The molecule has 19 heavy (non-hydrogen) atoms. The summed E-state index contributed by atoms with van der Waals surface area (Å²) >= 11 is 0. The minimum absolute atomic E-state index is 0.170. The van der Waals surface area contributed by atoms with Crippen molar-refractivity contribution in [2.45, 2.75) is 24.9 Å². The molecule has 3 N–H and O–H groups in total. The number of rotatable bonds is 4. The molecule has 0 saturated carbocycles. The Bertz CT molecular complexity index is 539. The van der Waals surface area contributed by atoms with Crippen molar-refractivity contribution < 1.29 is 0 Å². The van der Waals surface area contributed by atoms with E-state index in [1.807, 2.05) is 18.3 Å². The van der Waals surface area contributed by atoms with Gasteiger partial charge in [-0.1, -0.05) is 30.3 Å². The number of hydrogen-bond donors (Lipinski definition) is 2. The van der Waals surface area contributed by atoms with Crippen LogP contribution in [0.4, 0.5) is 0 Å². The zero-order valence-electron chi connectivity index (χ0n) is 10.9. The first-order valence-electron chi connectivity index (χ1n) is 6.82.